The SMILES string of the molecule is CN1CNC(N2CCC3NNC(C(=O)NO)C3C2)c2cc(-c3ccc(Cl)cc3)c(Cl)cc21. The minimum atomic E-state index is -0.478. The standard InChI is InChI=1S/C22H26Cl2N6O2/c1-29-11-25-21(30-7-6-18-16(10-30)20(27-26-18)22(31)28-32)15-8-14(17(24)9-19(15)29)12-2-4-13(23)5-3-12/h2-5,8-9,16,18,20-21,25-27,32H,6-7,10-11H2,1H3,(H,28,31). The molecular weight excluding hydrogens is 451 g/mol. The lowest BCUT2D eigenvalue weighted by atomic mass is 9.87. The summed E-state index contributed by atoms with van der Waals surface area (Å²) in [5, 5.41) is 14.1. The van der Waals surface area contributed by atoms with E-state index in [4.69, 9.17) is 28.4 Å². The van der Waals surface area contributed by atoms with Gasteiger partial charge >= 0.3 is 0 Å². The molecule has 32 heavy (non-hydrogen) atoms. The molecule has 3 aliphatic rings. The lowest BCUT2D eigenvalue weighted by molar-refractivity contribution is -0.132. The van der Waals surface area contributed by atoms with Gasteiger partial charge in [-0.05, 0) is 36.2 Å². The third-order valence-electron chi connectivity index (χ3n) is 6.80. The number of piperidine rings is 1. The zero-order chi connectivity index (χ0) is 22.4. The first-order valence-electron chi connectivity index (χ1n) is 10.7. The summed E-state index contributed by atoms with van der Waals surface area (Å²) in [7, 11) is 2.04. The van der Waals surface area contributed by atoms with Gasteiger partial charge in [0.2, 0.25) is 0 Å². The number of nitrogens with one attached hydrogen (secondary N) is 4. The van der Waals surface area contributed by atoms with Crippen molar-refractivity contribution in [2.75, 3.05) is 31.7 Å². The van der Waals surface area contributed by atoms with Crippen molar-refractivity contribution < 1.29 is 10.0 Å². The van der Waals surface area contributed by atoms with E-state index in [2.05, 4.69) is 32.0 Å². The van der Waals surface area contributed by atoms with Gasteiger partial charge in [-0.1, -0.05) is 35.3 Å². The molecule has 5 rings (SSSR count). The van der Waals surface area contributed by atoms with Crippen molar-refractivity contribution >= 4 is 34.8 Å². The number of rotatable bonds is 3. The molecule has 2 saturated heterocycles. The van der Waals surface area contributed by atoms with Crippen LogP contribution in [0.5, 0.6) is 0 Å². The summed E-state index contributed by atoms with van der Waals surface area (Å²) < 4.78 is 0. The minimum Gasteiger partial charge on any atom is -0.361 e. The van der Waals surface area contributed by atoms with Crippen LogP contribution >= 0.6 is 23.2 Å². The van der Waals surface area contributed by atoms with Crippen LogP contribution in [0.3, 0.4) is 0 Å². The fourth-order valence-electron chi connectivity index (χ4n) is 5.12. The maximum absolute atomic E-state index is 12.1. The Kier molecular flexibility index (Phi) is 6.02. The van der Waals surface area contributed by atoms with E-state index in [0.29, 0.717) is 23.3 Å². The van der Waals surface area contributed by atoms with Gasteiger partial charge in [-0.25, -0.2) is 10.9 Å². The molecule has 0 radical (unpaired) electrons. The quantitative estimate of drug-likeness (QED) is 0.343. The normalized spacial score (nSPS) is 27.7. The van der Waals surface area contributed by atoms with Gasteiger partial charge in [-0.2, -0.15) is 0 Å². The zero-order valence-electron chi connectivity index (χ0n) is 17.6. The summed E-state index contributed by atoms with van der Waals surface area (Å²) in [6.45, 7) is 2.28. The first-order chi connectivity index (χ1) is 15.5. The molecule has 0 aromatic heterocycles. The number of hydroxylamine groups is 1. The van der Waals surface area contributed by atoms with Gasteiger partial charge < -0.3 is 4.90 Å². The largest absolute Gasteiger partial charge is 0.361 e. The predicted molar refractivity (Wildman–Crippen MR) is 125 cm³/mol. The first kappa shape index (κ1) is 21.9. The highest BCUT2D eigenvalue weighted by Crippen LogP contribution is 2.41. The van der Waals surface area contributed by atoms with Crippen LogP contribution in [0.1, 0.15) is 18.2 Å². The number of hydrazine groups is 1. The highest BCUT2D eigenvalue weighted by Gasteiger charge is 2.45. The number of fused-ring (bicyclic) bond motifs is 2. The second kappa shape index (κ2) is 8.79. The summed E-state index contributed by atoms with van der Waals surface area (Å²) in [5.74, 6) is -0.371. The topological polar surface area (TPSA) is 91.9 Å². The Morgan fingerprint density at radius 2 is 1.97 bits per heavy atom. The number of carbonyl (C=O) groups is 1. The number of carbonyl (C=O) groups excluding carboxylic acids is 1. The Bertz CT molecular complexity index is 1020. The predicted octanol–water partition coefficient (Wildman–Crippen LogP) is 2.33. The Balaban J connectivity index is 1.48. The third-order valence-corrected chi connectivity index (χ3v) is 7.36. The summed E-state index contributed by atoms with van der Waals surface area (Å²) in [4.78, 5) is 16.7. The number of likely N-dealkylation sites (tertiary alicyclic amines) is 1. The van der Waals surface area contributed by atoms with Crippen molar-refractivity contribution in [1.82, 2.24) is 26.5 Å². The van der Waals surface area contributed by atoms with Gasteiger partial charge in [0.25, 0.3) is 5.91 Å². The molecule has 0 bridgehead atoms. The van der Waals surface area contributed by atoms with Crippen molar-refractivity contribution in [2.24, 2.45) is 5.92 Å². The molecule has 0 aliphatic carbocycles. The van der Waals surface area contributed by atoms with E-state index in [-0.39, 0.29) is 18.1 Å². The summed E-state index contributed by atoms with van der Waals surface area (Å²) in [6, 6.07) is 11.6. The molecular formula is C22H26Cl2N6O2. The monoisotopic (exact) mass is 476 g/mol. The maximum atomic E-state index is 12.1. The summed E-state index contributed by atoms with van der Waals surface area (Å²) in [6.07, 6.45) is 0.886. The second-order valence-electron chi connectivity index (χ2n) is 8.66. The van der Waals surface area contributed by atoms with Crippen LogP contribution < -0.4 is 26.5 Å². The number of anilines is 1. The van der Waals surface area contributed by atoms with Crippen LogP contribution in [0, 0.1) is 5.92 Å². The van der Waals surface area contributed by atoms with Crippen molar-refractivity contribution in [3.05, 3.63) is 52.0 Å². The fraction of sp³-hybridized carbons (Fsp3) is 0.409. The average Bonchev–Trinajstić information content (AvgIpc) is 3.23. The molecule has 2 fully saturated rings. The molecule has 4 unspecified atom stereocenters. The molecule has 1 amide bonds. The molecule has 170 valence electrons. The molecule has 10 heteroatoms. The molecule has 3 heterocycles. The van der Waals surface area contributed by atoms with E-state index >= 15 is 0 Å². The summed E-state index contributed by atoms with van der Waals surface area (Å²) >= 11 is 12.8. The number of hydrogen-bond donors (Lipinski definition) is 5. The summed E-state index contributed by atoms with van der Waals surface area (Å²) in [5.41, 5.74) is 12.2. The van der Waals surface area contributed by atoms with Crippen molar-refractivity contribution in [3.63, 3.8) is 0 Å². The zero-order valence-corrected chi connectivity index (χ0v) is 19.1. The molecule has 3 aliphatic heterocycles. The molecule has 2 aromatic carbocycles. The van der Waals surface area contributed by atoms with E-state index in [0.717, 1.165) is 35.3 Å². The van der Waals surface area contributed by atoms with Crippen molar-refractivity contribution in [1.29, 1.82) is 0 Å². The number of amides is 1. The second-order valence-corrected chi connectivity index (χ2v) is 9.50. The molecule has 4 atom stereocenters. The van der Waals surface area contributed by atoms with Gasteiger partial charge in [0.05, 0.1) is 17.9 Å². The van der Waals surface area contributed by atoms with Gasteiger partial charge in [0, 0.05) is 53.9 Å². The third kappa shape index (κ3) is 3.86. The number of nitrogens with zero attached hydrogens (tertiary/aromatic N) is 2. The molecule has 5 N–H and O–H groups in total. The maximum Gasteiger partial charge on any atom is 0.262 e. The average molecular weight is 477 g/mol. The Morgan fingerprint density at radius 1 is 1.19 bits per heavy atom. The van der Waals surface area contributed by atoms with Crippen molar-refractivity contribution in [3.8, 4) is 11.1 Å². The van der Waals surface area contributed by atoms with Gasteiger partial charge in [0.1, 0.15) is 6.04 Å². The molecule has 0 spiro atoms. The molecule has 8 nitrogen and oxygen atoms in total. The highest BCUT2D eigenvalue weighted by molar-refractivity contribution is 6.34. The van der Waals surface area contributed by atoms with Crippen LogP contribution in [0.25, 0.3) is 11.1 Å². The highest BCUT2D eigenvalue weighted by atomic mass is 35.5. The van der Waals surface area contributed by atoms with Crippen molar-refractivity contribution in [2.45, 2.75) is 24.7 Å². The van der Waals surface area contributed by atoms with Gasteiger partial charge in [0.15, 0.2) is 0 Å². The number of halogens is 2. The van der Waals surface area contributed by atoms with Crippen LogP contribution in [-0.4, -0.2) is 54.9 Å². The number of hydrogen-bond acceptors (Lipinski definition) is 7. The Morgan fingerprint density at radius 3 is 2.72 bits per heavy atom. The Labute approximate surface area is 196 Å². The van der Waals surface area contributed by atoms with E-state index in [9.17, 15) is 4.79 Å². The Hall–Kier alpha value is -1.91. The lowest BCUT2D eigenvalue weighted by Gasteiger charge is -2.44. The van der Waals surface area contributed by atoms with E-state index in [1.165, 1.54) is 0 Å². The van der Waals surface area contributed by atoms with E-state index in [1.807, 2.05) is 37.4 Å². The fourth-order valence-corrected chi connectivity index (χ4v) is 5.51. The van der Waals surface area contributed by atoms with Gasteiger partial charge in [-0.15, -0.1) is 0 Å². The van der Waals surface area contributed by atoms with Crippen LogP contribution in [-0.2, 0) is 4.79 Å². The minimum absolute atomic E-state index is 0.0103. The van der Waals surface area contributed by atoms with Crippen LogP contribution in [0.15, 0.2) is 36.4 Å². The van der Waals surface area contributed by atoms with E-state index < -0.39 is 11.9 Å². The number of benzene rings is 2. The van der Waals surface area contributed by atoms with E-state index in [1.54, 1.807) is 5.48 Å². The lowest BCUT2D eigenvalue weighted by Crippen LogP contribution is -2.55. The first-order valence-corrected chi connectivity index (χ1v) is 11.4. The van der Waals surface area contributed by atoms with Gasteiger partial charge in [-0.3, -0.25) is 25.6 Å². The molecule has 0 saturated carbocycles. The molecule has 2 aromatic rings. The smallest absolute Gasteiger partial charge is 0.262 e. The van der Waals surface area contributed by atoms with Crippen LogP contribution in [0.2, 0.25) is 10.0 Å². The van der Waals surface area contributed by atoms with Crippen LogP contribution in [0.4, 0.5) is 5.69 Å².